The Balaban J connectivity index is 3.58. The minimum absolute atomic E-state index is 0.445. The first-order chi connectivity index (χ1) is 5.31. The molecule has 0 saturated carbocycles. The van der Waals surface area contributed by atoms with Gasteiger partial charge in [0.2, 0.25) is 0 Å². The molecule has 12 heavy (non-hydrogen) atoms. The van der Waals surface area contributed by atoms with Gasteiger partial charge in [-0.1, -0.05) is 0 Å². The number of ether oxygens (including phenoxy) is 1. The molecule has 0 spiro atoms. The number of hydrogen-bond donors (Lipinski definition) is 0. The van der Waals surface area contributed by atoms with E-state index in [2.05, 4.69) is 4.74 Å². The average Bonchev–Trinajstić information content (AvgIpc) is 1.80. The maximum Gasteiger partial charge on any atom is 0.422 e. The summed E-state index contributed by atoms with van der Waals surface area (Å²) in [7, 11) is 0. The highest BCUT2D eigenvalue weighted by atomic mass is 35.5. The van der Waals surface area contributed by atoms with Gasteiger partial charge in [-0.2, -0.15) is 13.2 Å². The van der Waals surface area contributed by atoms with Gasteiger partial charge in [0.15, 0.2) is 6.61 Å². The number of rotatable bonds is 3. The molecule has 0 rings (SSSR count). The molecule has 0 radical (unpaired) electrons. The number of alkyl halides is 5. The molecule has 0 N–H and O–H groups in total. The number of halogens is 5. The lowest BCUT2D eigenvalue weighted by Crippen LogP contribution is -2.21. The van der Waals surface area contributed by atoms with Gasteiger partial charge < -0.3 is 4.74 Å². The highest BCUT2D eigenvalue weighted by Gasteiger charge is 2.29. The largest absolute Gasteiger partial charge is 0.456 e. The van der Waals surface area contributed by atoms with Crippen LogP contribution in [0.5, 0.6) is 0 Å². The number of carbonyl (C=O) groups excluding carboxylic acids is 1. The summed E-state index contributed by atoms with van der Waals surface area (Å²) in [6, 6.07) is 0. The van der Waals surface area contributed by atoms with E-state index in [-0.39, 0.29) is 0 Å². The zero-order valence-corrected chi connectivity index (χ0v) is 7.21. The van der Waals surface area contributed by atoms with Crippen LogP contribution >= 0.6 is 23.2 Å². The zero-order valence-electron chi connectivity index (χ0n) is 5.70. The van der Waals surface area contributed by atoms with Crippen molar-refractivity contribution in [2.75, 3.05) is 6.61 Å². The minimum Gasteiger partial charge on any atom is -0.456 e. The molecule has 0 heterocycles. The first-order valence-corrected chi connectivity index (χ1v) is 3.69. The fourth-order valence-corrected chi connectivity index (χ4v) is 0.599. The van der Waals surface area contributed by atoms with E-state index in [4.69, 9.17) is 23.2 Å². The standard InChI is InChI=1S/C5H5Cl2F3O2/c6-3(7)1-4(11)12-2-5(8,9)10/h3H,1-2H2. The second-order valence-corrected chi connectivity index (χ2v) is 3.15. The molecule has 0 bridgehead atoms. The van der Waals surface area contributed by atoms with Crippen LogP contribution in [-0.4, -0.2) is 23.6 Å². The molecule has 0 aromatic carbocycles. The van der Waals surface area contributed by atoms with Gasteiger partial charge >= 0.3 is 12.1 Å². The van der Waals surface area contributed by atoms with Gasteiger partial charge in [0.1, 0.15) is 4.84 Å². The Kier molecular flexibility index (Phi) is 4.70. The Labute approximate surface area is 76.6 Å². The monoisotopic (exact) mass is 224 g/mol. The predicted octanol–water partition coefficient (Wildman–Crippen LogP) is 2.29. The molecule has 0 saturated heterocycles. The highest BCUT2D eigenvalue weighted by Crippen LogP contribution is 2.15. The van der Waals surface area contributed by atoms with Gasteiger partial charge in [0, 0.05) is 0 Å². The Morgan fingerprint density at radius 1 is 1.42 bits per heavy atom. The third kappa shape index (κ3) is 7.94. The van der Waals surface area contributed by atoms with Crippen LogP contribution in [0.3, 0.4) is 0 Å². The lowest BCUT2D eigenvalue weighted by atomic mass is 10.5. The summed E-state index contributed by atoms with van der Waals surface area (Å²) < 4.78 is 38.0. The van der Waals surface area contributed by atoms with Gasteiger partial charge in [-0.25, -0.2) is 0 Å². The van der Waals surface area contributed by atoms with Crippen LogP contribution in [0.2, 0.25) is 0 Å². The summed E-state index contributed by atoms with van der Waals surface area (Å²) in [6.07, 6.45) is -4.96. The Bertz CT molecular complexity index is 157. The van der Waals surface area contributed by atoms with Crippen molar-refractivity contribution >= 4 is 29.2 Å². The number of esters is 1. The van der Waals surface area contributed by atoms with Crippen molar-refractivity contribution in [3.63, 3.8) is 0 Å². The van der Waals surface area contributed by atoms with Crippen LogP contribution in [0.4, 0.5) is 13.2 Å². The maximum atomic E-state index is 11.4. The molecule has 0 aliphatic carbocycles. The van der Waals surface area contributed by atoms with E-state index in [0.29, 0.717) is 0 Å². The molecule has 2 nitrogen and oxygen atoms in total. The second kappa shape index (κ2) is 4.77. The van der Waals surface area contributed by atoms with Crippen LogP contribution in [0.1, 0.15) is 6.42 Å². The molecular weight excluding hydrogens is 220 g/mol. The average molecular weight is 225 g/mol. The molecule has 0 aliphatic heterocycles. The van der Waals surface area contributed by atoms with Crippen LogP contribution in [0.15, 0.2) is 0 Å². The highest BCUT2D eigenvalue weighted by molar-refractivity contribution is 6.45. The molecule has 72 valence electrons. The third-order valence-electron chi connectivity index (χ3n) is 0.718. The molecule has 0 amide bonds. The normalized spacial score (nSPS) is 11.8. The smallest absolute Gasteiger partial charge is 0.422 e. The summed E-state index contributed by atoms with van der Waals surface area (Å²) in [4.78, 5) is 9.37. The maximum absolute atomic E-state index is 11.4. The van der Waals surface area contributed by atoms with Gasteiger partial charge in [-0.15, -0.1) is 23.2 Å². The summed E-state index contributed by atoms with van der Waals surface area (Å²) in [5.41, 5.74) is 0. The van der Waals surface area contributed by atoms with E-state index < -0.39 is 30.0 Å². The van der Waals surface area contributed by atoms with E-state index in [1.807, 2.05) is 0 Å². The Hall–Kier alpha value is -0.160. The SMILES string of the molecule is O=C(CC(Cl)Cl)OCC(F)(F)F. The van der Waals surface area contributed by atoms with Gasteiger partial charge in [0.25, 0.3) is 0 Å². The topological polar surface area (TPSA) is 26.3 Å². The van der Waals surface area contributed by atoms with E-state index in [9.17, 15) is 18.0 Å². The van der Waals surface area contributed by atoms with Crippen LogP contribution in [0.25, 0.3) is 0 Å². The van der Waals surface area contributed by atoms with Crippen LogP contribution in [0, 0.1) is 0 Å². The van der Waals surface area contributed by atoms with Crippen molar-refractivity contribution in [3.05, 3.63) is 0 Å². The fourth-order valence-electron chi connectivity index (χ4n) is 0.347. The molecule has 0 aliphatic rings. The second-order valence-electron chi connectivity index (χ2n) is 1.87. The first-order valence-electron chi connectivity index (χ1n) is 2.82. The summed E-state index contributed by atoms with van der Waals surface area (Å²) in [5.74, 6) is -1.07. The number of carbonyl (C=O) groups is 1. The molecule has 0 aromatic heterocycles. The van der Waals surface area contributed by atoms with Crippen molar-refractivity contribution in [1.82, 2.24) is 0 Å². The Morgan fingerprint density at radius 2 is 1.92 bits per heavy atom. The molecule has 0 unspecified atom stereocenters. The molecule has 0 fully saturated rings. The number of hydrogen-bond acceptors (Lipinski definition) is 2. The van der Waals surface area contributed by atoms with Crippen molar-refractivity contribution in [1.29, 1.82) is 0 Å². The first kappa shape index (κ1) is 11.8. The van der Waals surface area contributed by atoms with Crippen molar-refractivity contribution in [2.45, 2.75) is 17.4 Å². The van der Waals surface area contributed by atoms with Crippen molar-refractivity contribution in [2.24, 2.45) is 0 Å². The van der Waals surface area contributed by atoms with Gasteiger partial charge in [-0.05, 0) is 0 Å². The zero-order chi connectivity index (χ0) is 9.78. The molecule has 0 atom stereocenters. The molecule has 7 heteroatoms. The molecular formula is C5H5Cl2F3O2. The van der Waals surface area contributed by atoms with Gasteiger partial charge in [0.05, 0.1) is 6.42 Å². The summed E-state index contributed by atoms with van der Waals surface area (Å²) in [6.45, 7) is -1.60. The predicted molar refractivity (Wildman–Crippen MR) is 37.1 cm³/mol. The van der Waals surface area contributed by atoms with Gasteiger partial charge in [-0.3, -0.25) is 4.79 Å². The van der Waals surface area contributed by atoms with E-state index >= 15 is 0 Å². The Morgan fingerprint density at radius 3 is 2.25 bits per heavy atom. The quantitative estimate of drug-likeness (QED) is 0.544. The minimum atomic E-state index is -4.51. The van der Waals surface area contributed by atoms with Crippen molar-refractivity contribution < 1.29 is 22.7 Å². The third-order valence-corrected chi connectivity index (χ3v) is 1.03. The van der Waals surface area contributed by atoms with Crippen molar-refractivity contribution in [3.8, 4) is 0 Å². The lowest BCUT2D eigenvalue weighted by molar-refractivity contribution is -0.186. The summed E-state index contributed by atoms with van der Waals surface area (Å²) >= 11 is 10.2. The van der Waals surface area contributed by atoms with Crippen LogP contribution < -0.4 is 0 Å². The summed E-state index contributed by atoms with van der Waals surface area (Å²) in [5, 5.41) is 0. The molecule has 0 aromatic rings. The lowest BCUT2D eigenvalue weighted by Gasteiger charge is -2.07. The van der Waals surface area contributed by atoms with E-state index in [1.165, 1.54) is 0 Å². The van der Waals surface area contributed by atoms with Crippen LogP contribution in [-0.2, 0) is 9.53 Å². The fraction of sp³-hybridized carbons (Fsp3) is 0.800. The van der Waals surface area contributed by atoms with E-state index in [0.717, 1.165) is 0 Å². The van der Waals surface area contributed by atoms with E-state index in [1.54, 1.807) is 0 Å².